The van der Waals surface area contributed by atoms with Crippen molar-refractivity contribution in [2.75, 3.05) is 4.90 Å². The maximum atomic E-state index is 11.0. The average molecular weight is 389 g/mol. The van der Waals surface area contributed by atoms with Crippen LogP contribution in [-0.4, -0.2) is 11.9 Å². The van der Waals surface area contributed by atoms with Crippen LogP contribution in [0.4, 0.5) is 17.1 Å². The Hall–Kier alpha value is -3.60. The van der Waals surface area contributed by atoms with Gasteiger partial charge in [-0.25, -0.2) is 0 Å². The minimum Gasteiger partial charge on any atom is -0.461 e. The van der Waals surface area contributed by atoms with Gasteiger partial charge in [0.2, 0.25) is 0 Å². The quantitative estimate of drug-likeness (QED) is 0.515. The molecule has 3 rings (SSSR count). The highest BCUT2D eigenvalue weighted by molar-refractivity contribution is 5.76. The van der Waals surface area contributed by atoms with E-state index in [1.54, 1.807) is 0 Å². The Balaban J connectivity index is 1.88. The number of esters is 2. The maximum Gasteiger partial charge on any atom is 0.302 e. The Kier molecular flexibility index (Phi) is 6.63. The molecule has 0 aliphatic heterocycles. The van der Waals surface area contributed by atoms with Gasteiger partial charge in [0, 0.05) is 30.9 Å². The van der Waals surface area contributed by atoms with Crippen molar-refractivity contribution in [3.63, 3.8) is 0 Å². The van der Waals surface area contributed by atoms with E-state index in [9.17, 15) is 9.59 Å². The van der Waals surface area contributed by atoms with Gasteiger partial charge in [-0.15, -0.1) is 0 Å². The summed E-state index contributed by atoms with van der Waals surface area (Å²) in [6.07, 6.45) is 0. The molecular formula is C24H23NO4. The minimum atomic E-state index is -0.297. The highest BCUT2D eigenvalue weighted by atomic mass is 16.5. The highest BCUT2D eigenvalue weighted by Crippen LogP contribution is 2.34. The van der Waals surface area contributed by atoms with Gasteiger partial charge in [0.25, 0.3) is 0 Å². The molecule has 0 unspecified atom stereocenters. The van der Waals surface area contributed by atoms with E-state index in [0.717, 1.165) is 28.2 Å². The molecule has 29 heavy (non-hydrogen) atoms. The smallest absolute Gasteiger partial charge is 0.302 e. The van der Waals surface area contributed by atoms with Crippen LogP contribution in [-0.2, 0) is 32.3 Å². The molecule has 5 nitrogen and oxygen atoms in total. The van der Waals surface area contributed by atoms with Crippen LogP contribution in [0, 0.1) is 0 Å². The first-order valence-corrected chi connectivity index (χ1v) is 9.33. The monoisotopic (exact) mass is 389 g/mol. The molecular weight excluding hydrogens is 366 g/mol. The average Bonchev–Trinajstić information content (AvgIpc) is 2.73. The summed E-state index contributed by atoms with van der Waals surface area (Å²) >= 11 is 0. The van der Waals surface area contributed by atoms with Gasteiger partial charge in [-0.3, -0.25) is 9.59 Å². The third-order valence-electron chi connectivity index (χ3n) is 4.29. The zero-order valence-corrected chi connectivity index (χ0v) is 16.5. The summed E-state index contributed by atoms with van der Waals surface area (Å²) < 4.78 is 10.1. The molecule has 3 aromatic carbocycles. The normalized spacial score (nSPS) is 10.3. The lowest BCUT2D eigenvalue weighted by Crippen LogP contribution is -2.10. The third kappa shape index (κ3) is 5.69. The van der Waals surface area contributed by atoms with E-state index >= 15 is 0 Å². The molecule has 148 valence electrons. The van der Waals surface area contributed by atoms with E-state index in [0.29, 0.717) is 0 Å². The number of para-hydroxylation sites is 1. The number of hydrogen-bond acceptors (Lipinski definition) is 5. The van der Waals surface area contributed by atoms with Gasteiger partial charge in [0.1, 0.15) is 13.2 Å². The highest BCUT2D eigenvalue weighted by Gasteiger charge is 2.12. The number of benzene rings is 3. The number of anilines is 3. The topological polar surface area (TPSA) is 55.8 Å². The van der Waals surface area contributed by atoms with Gasteiger partial charge in [-0.2, -0.15) is 0 Å². The van der Waals surface area contributed by atoms with Crippen LogP contribution in [0.15, 0.2) is 78.9 Å². The third-order valence-corrected chi connectivity index (χ3v) is 4.29. The second kappa shape index (κ2) is 9.55. The summed E-state index contributed by atoms with van der Waals surface area (Å²) in [6.45, 7) is 3.31. The van der Waals surface area contributed by atoms with Gasteiger partial charge in [-0.1, -0.05) is 42.5 Å². The molecule has 0 radical (unpaired) electrons. The Morgan fingerprint density at radius 1 is 0.621 bits per heavy atom. The fraction of sp³-hybridized carbons (Fsp3) is 0.167. The van der Waals surface area contributed by atoms with Gasteiger partial charge >= 0.3 is 11.9 Å². The van der Waals surface area contributed by atoms with Crippen LogP contribution in [0.25, 0.3) is 0 Å². The van der Waals surface area contributed by atoms with E-state index in [-0.39, 0.29) is 25.2 Å². The van der Waals surface area contributed by atoms with Crippen molar-refractivity contribution < 1.29 is 19.1 Å². The van der Waals surface area contributed by atoms with Crippen LogP contribution >= 0.6 is 0 Å². The Morgan fingerprint density at radius 2 is 1.00 bits per heavy atom. The van der Waals surface area contributed by atoms with Crippen molar-refractivity contribution in [2.45, 2.75) is 27.1 Å². The molecule has 0 amide bonds. The molecule has 0 bridgehead atoms. The van der Waals surface area contributed by atoms with Crippen LogP contribution in [0.1, 0.15) is 25.0 Å². The number of hydrogen-bond donors (Lipinski definition) is 0. The molecule has 0 saturated carbocycles. The molecule has 0 fully saturated rings. The van der Waals surface area contributed by atoms with Crippen molar-refractivity contribution in [1.82, 2.24) is 0 Å². The summed E-state index contributed by atoms with van der Waals surface area (Å²) in [4.78, 5) is 24.2. The summed E-state index contributed by atoms with van der Waals surface area (Å²) in [7, 11) is 0. The molecule has 0 heterocycles. The lowest BCUT2D eigenvalue weighted by molar-refractivity contribution is -0.143. The predicted molar refractivity (Wildman–Crippen MR) is 112 cm³/mol. The molecule has 0 atom stereocenters. The second-order valence-corrected chi connectivity index (χ2v) is 6.56. The van der Waals surface area contributed by atoms with E-state index in [1.807, 2.05) is 78.9 Å². The molecule has 0 aromatic heterocycles. The standard InChI is InChI=1S/C24H23NO4/c1-18(26)28-16-20-8-12-23(13-9-20)25(22-6-4-3-5-7-22)24-14-10-21(11-15-24)17-29-19(2)27/h3-15H,16-17H2,1-2H3. The van der Waals surface area contributed by atoms with Crippen molar-refractivity contribution in [3.8, 4) is 0 Å². The molecule has 0 aliphatic rings. The second-order valence-electron chi connectivity index (χ2n) is 6.56. The van der Waals surface area contributed by atoms with Crippen molar-refractivity contribution in [1.29, 1.82) is 0 Å². The maximum absolute atomic E-state index is 11.0. The summed E-state index contributed by atoms with van der Waals surface area (Å²) in [6, 6.07) is 25.8. The summed E-state index contributed by atoms with van der Waals surface area (Å²) in [5.41, 5.74) is 4.83. The molecule has 0 saturated heterocycles. The lowest BCUT2D eigenvalue weighted by Gasteiger charge is -2.25. The number of nitrogens with zero attached hydrogens (tertiary/aromatic N) is 1. The Morgan fingerprint density at radius 3 is 1.38 bits per heavy atom. The number of carbonyl (C=O) groups excluding carboxylic acids is 2. The number of ether oxygens (including phenoxy) is 2. The SMILES string of the molecule is CC(=O)OCc1ccc(N(c2ccccc2)c2ccc(COC(C)=O)cc2)cc1. The van der Waals surface area contributed by atoms with Crippen LogP contribution in [0.3, 0.4) is 0 Å². The first-order chi connectivity index (χ1) is 14.0. The largest absolute Gasteiger partial charge is 0.461 e. The molecule has 0 spiro atoms. The minimum absolute atomic E-state index is 0.256. The predicted octanol–water partition coefficient (Wildman–Crippen LogP) is 5.28. The van der Waals surface area contributed by atoms with Crippen LogP contribution in [0.5, 0.6) is 0 Å². The van der Waals surface area contributed by atoms with Gasteiger partial charge in [-0.05, 0) is 47.5 Å². The number of carbonyl (C=O) groups is 2. The first-order valence-electron chi connectivity index (χ1n) is 9.33. The lowest BCUT2D eigenvalue weighted by atomic mass is 10.1. The summed E-state index contributed by atoms with van der Waals surface area (Å²) in [5.74, 6) is -0.595. The number of rotatable bonds is 7. The zero-order chi connectivity index (χ0) is 20.6. The fourth-order valence-electron chi connectivity index (χ4n) is 2.88. The van der Waals surface area contributed by atoms with E-state index < -0.39 is 0 Å². The van der Waals surface area contributed by atoms with Crippen molar-refractivity contribution in [2.24, 2.45) is 0 Å². The molecule has 3 aromatic rings. The fourth-order valence-corrected chi connectivity index (χ4v) is 2.88. The van der Waals surface area contributed by atoms with E-state index in [1.165, 1.54) is 13.8 Å². The van der Waals surface area contributed by atoms with Crippen LogP contribution < -0.4 is 4.90 Å². The summed E-state index contributed by atoms with van der Waals surface area (Å²) in [5, 5.41) is 0. The van der Waals surface area contributed by atoms with Gasteiger partial charge in [0.15, 0.2) is 0 Å². The van der Waals surface area contributed by atoms with Gasteiger partial charge < -0.3 is 14.4 Å². The zero-order valence-electron chi connectivity index (χ0n) is 16.5. The van der Waals surface area contributed by atoms with Crippen LogP contribution in [0.2, 0.25) is 0 Å². The van der Waals surface area contributed by atoms with Crippen molar-refractivity contribution in [3.05, 3.63) is 90.0 Å². The van der Waals surface area contributed by atoms with E-state index in [4.69, 9.17) is 9.47 Å². The Labute approximate surface area is 170 Å². The molecule has 0 N–H and O–H groups in total. The Bertz CT molecular complexity index is 889. The van der Waals surface area contributed by atoms with E-state index in [2.05, 4.69) is 4.90 Å². The molecule has 0 aliphatic carbocycles. The molecule has 5 heteroatoms. The van der Waals surface area contributed by atoms with Gasteiger partial charge in [0.05, 0.1) is 0 Å². The van der Waals surface area contributed by atoms with Crippen molar-refractivity contribution >= 4 is 29.0 Å². The first kappa shape index (κ1) is 20.1.